The average molecular weight is 250 g/mol. The molecule has 0 aliphatic heterocycles. The van der Waals surface area contributed by atoms with Crippen LogP contribution in [-0.4, -0.2) is 38.1 Å². The zero-order chi connectivity index (χ0) is 13.4. The van der Waals surface area contributed by atoms with Crippen molar-refractivity contribution in [3.8, 4) is 5.75 Å². The maximum absolute atomic E-state index is 11.3. The second-order valence-corrected chi connectivity index (χ2v) is 4.43. The minimum absolute atomic E-state index is 0.135. The summed E-state index contributed by atoms with van der Waals surface area (Å²) in [6, 6.07) is 7.93. The smallest absolute Gasteiger partial charge is 0.222 e. The Balaban J connectivity index is 2.30. The molecule has 0 unspecified atom stereocenters. The van der Waals surface area contributed by atoms with Crippen molar-refractivity contribution in [3.05, 3.63) is 29.8 Å². The van der Waals surface area contributed by atoms with Gasteiger partial charge in [-0.05, 0) is 37.1 Å². The van der Waals surface area contributed by atoms with Gasteiger partial charge in [-0.2, -0.15) is 0 Å². The SMILES string of the molecule is CN(C)C(=O)CCCOc1cccc(CCN)c1. The molecule has 1 aromatic rings. The van der Waals surface area contributed by atoms with Crippen LogP contribution in [0.25, 0.3) is 0 Å². The fourth-order valence-electron chi connectivity index (χ4n) is 1.59. The molecule has 1 rings (SSSR count). The molecule has 1 aromatic carbocycles. The third-order valence-corrected chi connectivity index (χ3v) is 2.63. The van der Waals surface area contributed by atoms with Gasteiger partial charge < -0.3 is 15.4 Å². The van der Waals surface area contributed by atoms with E-state index in [0.717, 1.165) is 18.6 Å². The van der Waals surface area contributed by atoms with Crippen molar-refractivity contribution in [2.24, 2.45) is 5.73 Å². The Kier molecular flexibility index (Phi) is 6.22. The van der Waals surface area contributed by atoms with Crippen LogP contribution in [-0.2, 0) is 11.2 Å². The molecule has 0 fully saturated rings. The first-order valence-corrected chi connectivity index (χ1v) is 6.25. The molecule has 0 heterocycles. The van der Waals surface area contributed by atoms with Gasteiger partial charge in [0, 0.05) is 20.5 Å². The molecule has 2 N–H and O–H groups in total. The standard InChI is InChI=1S/C14H22N2O2/c1-16(2)14(17)7-4-10-18-13-6-3-5-12(11-13)8-9-15/h3,5-6,11H,4,7-10,15H2,1-2H3. The maximum Gasteiger partial charge on any atom is 0.222 e. The number of carbonyl (C=O) groups is 1. The molecule has 0 saturated heterocycles. The van der Waals surface area contributed by atoms with Gasteiger partial charge in [-0.3, -0.25) is 4.79 Å². The molecule has 0 aromatic heterocycles. The lowest BCUT2D eigenvalue weighted by atomic mass is 10.1. The molecule has 0 radical (unpaired) electrons. The Morgan fingerprint density at radius 1 is 1.39 bits per heavy atom. The Hall–Kier alpha value is -1.55. The van der Waals surface area contributed by atoms with Crippen LogP contribution in [0.4, 0.5) is 0 Å². The molecule has 100 valence electrons. The van der Waals surface area contributed by atoms with Crippen molar-refractivity contribution in [3.63, 3.8) is 0 Å². The molecule has 0 aliphatic rings. The zero-order valence-electron chi connectivity index (χ0n) is 11.2. The minimum atomic E-state index is 0.135. The van der Waals surface area contributed by atoms with Crippen molar-refractivity contribution in [2.45, 2.75) is 19.3 Å². The van der Waals surface area contributed by atoms with E-state index in [1.165, 1.54) is 5.56 Å². The first-order chi connectivity index (χ1) is 8.63. The second kappa shape index (κ2) is 7.71. The molecule has 18 heavy (non-hydrogen) atoms. The zero-order valence-corrected chi connectivity index (χ0v) is 11.2. The number of nitrogens with two attached hydrogens (primary N) is 1. The van der Waals surface area contributed by atoms with Crippen molar-refractivity contribution in [1.82, 2.24) is 4.90 Å². The first-order valence-electron chi connectivity index (χ1n) is 6.25. The molecule has 0 spiro atoms. The van der Waals surface area contributed by atoms with Crippen molar-refractivity contribution in [2.75, 3.05) is 27.2 Å². The normalized spacial score (nSPS) is 10.2. The van der Waals surface area contributed by atoms with Gasteiger partial charge in [-0.25, -0.2) is 0 Å². The van der Waals surface area contributed by atoms with Crippen molar-refractivity contribution in [1.29, 1.82) is 0 Å². The summed E-state index contributed by atoms with van der Waals surface area (Å²) in [5.74, 6) is 0.980. The Bertz CT molecular complexity index is 378. The first kappa shape index (κ1) is 14.5. The highest BCUT2D eigenvalue weighted by Gasteiger charge is 2.03. The summed E-state index contributed by atoms with van der Waals surface area (Å²) >= 11 is 0. The van der Waals surface area contributed by atoms with E-state index in [1.807, 2.05) is 24.3 Å². The summed E-state index contributed by atoms with van der Waals surface area (Å²) in [6.45, 7) is 1.20. The van der Waals surface area contributed by atoms with Gasteiger partial charge in [-0.1, -0.05) is 12.1 Å². The monoisotopic (exact) mass is 250 g/mol. The van der Waals surface area contributed by atoms with Crippen molar-refractivity contribution >= 4 is 5.91 Å². The average Bonchev–Trinajstić information content (AvgIpc) is 2.35. The summed E-state index contributed by atoms with van der Waals surface area (Å²) in [5, 5.41) is 0. The summed E-state index contributed by atoms with van der Waals surface area (Å²) in [4.78, 5) is 12.9. The molecule has 4 nitrogen and oxygen atoms in total. The lowest BCUT2D eigenvalue weighted by Crippen LogP contribution is -2.21. The van der Waals surface area contributed by atoms with Gasteiger partial charge in [0.2, 0.25) is 5.91 Å². The highest BCUT2D eigenvalue weighted by molar-refractivity contribution is 5.75. The largest absolute Gasteiger partial charge is 0.494 e. The molecule has 1 amide bonds. The Morgan fingerprint density at radius 2 is 2.17 bits per heavy atom. The van der Waals surface area contributed by atoms with Crippen LogP contribution >= 0.6 is 0 Å². The van der Waals surface area contributed by atoms with Crippen LogP contribution in [0.5, 0.6) is 5.75 Å². The van der Waals surface area contributed by atoms with E-state index in [0.29, 0.717) is 19.6 Å². The van der Waals surface area contributed by atoms with E-state index in [9.17, 15) is 4.79 Å². The summed E-state index contributed by atoms with van der Waals surface area (Å²) in [5.41, 5.74) is 6.69. The van der Waals surface area contributed by atoms with Gasteiger partial charge in [0.25, 0.3) is 0 Å². The number of benzene rings is 1. The summed E-state index contributed by atoms with van der Waals surface area (Å²) < 4.78 is 5.61. The third kappa shape index (κ3) is 5.19. The lowest BCUT2D eigenvalue weighted by molar-refractivity contribution is -0.128. The fourth-order valence-corrected chi connectivity index (χ4v) is 1.59. The van der Waals surface area contributed by atoms with Gasteiger partial charge in [0.05, 0.1) is 6.61 Å². The number of ether oxygens (including phenoxy) is 1. The van der Waals surface area contributed by atoms with E-state index < -0.39 is 0 Å². The van der Waals surface area contributed by atoms with Gasteiger partial charge in [0.1, 0.15) is 5.75 Å². The summed E-state index contributed by atoms with van der Waals surface area (Å²) in [6.07, 6.45) is 2.12. The molecule has 0 aliphatic carbocycles. The number of rotatable bonds is 7. The minimum Gasteiger partial charge on any atom is -0.494 e. The Labute approximate surface area is 109 Å². The van der Waals surface area contributed by atoms with E-state index in [-0.39, 0.29) is 5.91 Å². The van der Waals surface area contributed by atoms with E-state index in [1.54, 1.807) is 19.0 Å². The maximum atomic E-state index is 11.3. The van der Waals surface area contributed by atoms with Gasteiger partial charge in [-0.15, -0.1) is 0 Å². The molecule has 4 heteroatoms. The predicted octanol–water partition coefficient (Wildman–Crippen LogP) is 1.43. The topological polar surface area (TPSA) is 55.6 Å². The van der Waals surface area contributed by atoms with Crippen LogP contribution in [0, 0.1) is 0 Å². The number of hydrogen-bond acceptors (Lipinski definition) is 3. The van der Waals surface area contributed by atoms with Crippen LogP contribution in [0.2, 0.25) is 0 Å². The molecule has 0 saturated carbocycles. The number of hydrogen-bond donors (Lipinski definition) is 1. The molecule has 0 bridgehead atoms. The van der Waals surface area contributed by atoms with E-state index >= 15 is 0 Å². The lowest BCUT2D eigenvalue weighted by Gasteiger charge is -2.11. The third-order valence-electron chi connectivity index (χ3n) is 2.63. The predicted molar refractivity (Wildman–Crippen MR) is 72.6 cm³/mol. The quantitative estimate of drug-likeness (QED) is 0.745. The van der Waals surface area contributed by atoms with Gasteiger partial charge >= 0.3 is 0 Å². The highest BCUT2D eigenvalue weighted by Crippen LogP contribution is 2.14. The molecular weight excluding hydrogens is 228 g/mol. The van der Waals surface area contributed by atoms with E-state index in [2.05, 4.69) is 0 Å². The van der Waals surface area contributed by atoms with Crippen LogP contribution < -0.4 is 10.5 Å². The number of carbonyl (C=O) groups excluding carboxylic acids is 1. The fraction of sp³-hybridized carbons (Fsp3) is 0.500. The summed E-state index contributed by atoms with van der Waals surface area (Å²) in [7, 11) is 3.53. The second-order valence-electron chi connectivity index (χ2n) is 4.43. The van der Waals surface area contributed by atoms with Gasteiger partial charge in [0.15, 0.2) is 0 Å². The molecule has 0 atom stereocenters. The number of amides is 1. The van der Waals surface area contributed by atoms with Crippen LogP contribution in [0.1, 0.15) is 18.4 Å². The Morgan fingerprint density at radius 3 is 2.83 bits per heavy atom. The highest BCUT2D eigenvalue weighted by atomic mass is 16.5. The van der Waals surface area contributed by atoms with Crippen molar-refractivity contribution < 1.29 is 9.53 Å². The van der Waals surface area contributed by atoms with Crippen LogP contribution in [0.3, 0.4) is 0 Å². The van der Waals surface area contributed by atoms with E-state index in [4.69, 9.17) is 10.5 Å². The van der Waals surface area contributed by atoms with Crippen LogP contribution in [0.15, 0.2) is 24.3 Å². The molecular formula is C14H22N2O2. The number of nitrogens with zero attached hydrogens (tertiary/aromatic N) is 1.